The van der Waals surface area contributed by atoms with Gasteiger partial charge < -0.3 is 14.8 Å². The minimum Gasteiger partial charge on any atom is -0.351 e. The smallest absolute Gasteiger partial charge is 0.270 e. The third-order valence-electron chi connectivity index (χ3n) is 4.84. The maximum Gasteiger partial charge on any atom is 0.270 e. The lowest BCUT2D eigenvalue weighted by Crippen LogP contribution is -2.49. The Morgan fingerprint density at radius 1 is 1.12 bits per heavy atom. The number of hydrogen-bond acceptors (Lipinski definition) is 2. The SMILES string of the molecule is CN1CCN(C(=O)c2cc3cc(Cl)ccc3[nH]2)C(c2ccccc2)C1. The summed E-state index contributed by atoms with van der Waals surface area (Å²) in [6, 6.07) is 17.8. The van der Waals surface area contributed by atoms with Crippen LogP contribution in [0.3, 0.4) is 0 Å². The van der Waals surface area contributed by atoms with E-state index in [4.69, 9.17) is 11.6 Å². The van der Waals surface area contributed by atoms with Crippen LogP contribution in [0.1, 0.15) is 22.1 Å². The summed E-state index contributed by atoms with van der Waals surface area (Å²) in [6.45, 7) is 2.42. The molecule has 1 aliphatic heterocycles. The lowest BCUT2D eigenvalue weighted by Gasteiger charge is -2.40. The first-order chi connectivity index (χ1) is 12.1. The summed E-state index contributed by atoms with van der Waals surface area (Å²) in [7, 11) is 2.10. The standard InChI is InChI=1S/C20H20ClN3O/c1-23-9-10-24(19(13-23)14-5-3-2-4-6-14)20(25)18-12-15-11-16(21)7-8-17(15)22-18/h2-8,11-12,19,22H,9-10,13H2,1H3. The van der Waals surface area contributed by atoms with Crippen LogP contribution in [0, 0.1) is 0 Å². The van der Waals surface area contributed by atoms with Crippen molar-refractivity contribution in [1.82, 2.24) is 14.8 Å². The van der Waals surface area contributed by atoms with Gasteiger partial charge in [-0.25, -0.2) is 0 Å². The number of carbonyl (C=O) groups is 1. The molecule has 3 aromatic rings. The first-order valence-electron chi connectivity index (χ1n) is 8.44. The number of fused-ring (bicyclic) bond motifs is 1. The highest BCUT2D eigenvalue weighted by atomic mass is 35.5. The highest BCUT2D eigenvalue weighted by Gasteiger charge is 2.31. The van der Waals surface area contributed by atoms with Crippen LogP contribution in [-0.2, 0) is 0 Å². The van der Waals surface area contributed by atoms with Gasteiger partial charge in [0, 0.05) is 35.6 Å². The molecule has 25 heavy (non-hydrogen) atoms. The van der Waals surface area contributed by atoms with Crippen LogP contribution in [0.5, 0.6) is 0 Å². The molecule has 4 rings (SSSR count). The molecule has 1 amide bonds. The lowest BCUT2D eigenvalue weighted by atomic mass is 10.0. The van der Waals surface area contributed by atoms with E-state index < -0.39 is 0 Å². The molecule has 1 atom stereocenters. The number of amides is 1. The van der Waals surface area contributed by atoms with Crippen molar-refractivity contribution in [2.45, 2.75) is 6.04 Å². The minimum absolute atomic E-state index is 0.0364. The zero-order valence-corrected chi connectivity index (χ0v) is 14.8. The summed E-state index contributed by atoms with van der Waals surface area (Å²) in [4.78, 5) is 20.7. The summed E-state index contributed by atoms with van der Waals surface area (Å²) in [5, 5.41) is 1.63. The van der Waals surface area contributed by atoms with Crippen molar-refractivity contribution in [2.24, 2.45) is 0 Å². The minimum atomic E-state index is 0.0364. The number of hydrogen-bond donors (Lipinski definition) is 1. The van der Waals surface area contributed by atoms with Crippen LogP contribution < -0.4 is 0 Å². The van der Waals surface area contributed by atoms with Crippen LogP contribution in [-0.4, -0.2) is 47.4 Å². The molecular weight excluding hydrogens is 334 g/mol. The molecule has 0 spiro atoms. The van der Waals surface area contributed by atoms with E-state index in [2.05, 4.69) is 29.1 Å². The van der Waals surface area contributed by atoms with Crippen molar-refractivity contribution in [3.05, 3.63) is 70.9 Å². The van der Waals surface area contributed by atoms with Crippen LogP contribution in [0.2, 0.25) is 5.02 Å². The first-order valence-corrected chi connectivity index (χ1v) is 8.82. The second-order valence-electron chi connectivity index (χ2n) is 6.60. The van der Waals surface area contributed by atoms with Crippen LogP contribution in [0.4, 0.5) is 0 Å². The molecular formula is C20H20ClN3O. The average molecular weight is 354 g/mol. The van der Waals surface area contributed by atoms with Gasteiger partial charge in [0.05, 0.1) is 6.04 Å². The largest absolute Gasteiger partial charge is 0.351 e. The van der Waals surface area contributed by atoms with Crippen molar-refractivity contribution in [3.8, 4) is 0 Å². The number of aromatic nitrogens is 1. The summed E-state index contributed by atoms with van der Waals surface area (Å²) in [5.41, 5.74) is 2.71. The van der Waals surface area contributed by atoms with E-state index in [-0.39, 0.29) is 11.9 Å². The third kappa shape index (κ3) is 3.15. The predicted octanol–water partition coefficient (Wildman–Crippen LogP) is 3.95. The molecule has 1 aliphatic rings. The van der Waals surface area contributed by atoms with Gasteiger partial charge in [0.2, 0.25) is 0 Å². The van der Waals surface area contributed by atoms with E-state index in [9.17, 15) is 4.79 Å². The average Bonchev–Trinajstić information content (AvgIpc) is 3.05. The van der Waals surface area contributed by atoms with Crippen LogP contribution >= 0.6 is 11.6 Å². The van der Waals surface area contributed by atoms with Crippen molar-refractivity contribution >= 4 is 28.4 Å². The van der Waals surface area contributed by atoms with Gasteiger partial charge in [-0.3, -0.25) is 4.79 Å². The van der Waals surface area contributed by atoms with Crippen molar-refractivity contribution in [3.63, 3.8) is 0 Å². The molecule has 1 unspecified atom stereocenters. The Balaban J connectivity index is 1.68. The summed E-state index contributed by atoms with van der Waals surface area (Å²) < 4.78 is 0. The molecule has 128 valence electrons. The van der Waals surface area contributed by atoms with E-state index in [1.165, 1.54) is 5.56 Å². The second-order valence-corrected chi connectivity index (χ2v) is 7.04. The first kappa shape index (κ1) is 16.2. The van der Waals surface area contributed by atoms with Gasteiger partial charge in [-0.2, -0.15) is 0 Å². The normalized spacial score (nSPS) is 18.6. The number of halogens is 1. The molecule has 1 saturated heterocycles. The topological polar surface area (TPSA) is 39.3 Å². The number of piperazine rings is 1. The maximum absolute atomic E-state index is 13.2. The number of likely N-dealkylation sites (N-methyl/N-ethyl adjacent to an activating group) is 1. The summed E-state index contributed by atoms with van der Waals surface area (Å²) in [6.07, 6.45) is 0. The molecule has 4 nitrogen and oxygen atoms in total. The molecule has 2 heterocycles. The Bertz CT molecular complexity index is 906. The van der Waals surface area contributed by atoms with Gasteiger partial charge in [-0.15, -0.1) is 0 Å². The second kappa shape index (κ2) is 6.54. The Labute approximate surface area is 152 Å². The van der Waals surface area contributed by atoms with Gasteiger partial charge in [-0.1, -0.05) is 41.9 Å². The zero-order chi connectivity index (χ0) is 17.4. The van der Waals surface area contributed by atoms with Gasteiger partial charge in [0.1, 0.15) is 5.69 Å². The Hall–Kier alpha value is -2.30. The lowest BCUT2D eigenvalue weighted by molar-refractivity contribution is 0.0493. The molecule has 0 aliphatic carbocycles. The van der Waals surface area contributed by atoms with Gasteiger partial charge >= 0.3 is 0 Å². The number of H-pyrrole nitrogens is 1. The van der Waals surface area contributed by atoms with Crippen LogP contribution in [0.25, 0.3) is 10.9 Å². The predicted molar refractivity (Wildman–Crippen MR) is 101 cm³/mol. The molecule has 1 aromatic heterocycles. The summed E-state index contributed by atoms with van der Waals surface area (Å²) >= 11 is 6.06. The van der Waals surface area contributed by atoms with E-state index in [1.807, 2.05) is 47.4 Å². The molecule has 2 aromatic carbocycles. The Morgan fingerprint density at radius 3 is 2.72 bits per heavy atom. The molecule has 5 heteroatoms. The van der Waals surface area contributed by atoms with Crippen molar-refractivity contribution in [2.75, 3.05) is 26.7 Å². The molecule has 1 N–H and O–H groups in total. The monoisotopic (exact) mass is 353 g/mol. The van der Waals surface area contributed by atoms with Gasteiger partial charge in [0.15, 0.2) is 0 Å². The number of nitrogens with one attached hydrogen (secondary N) is 1. The third-order valence-corrected chi connectivity index (χ3v) is 5.08. The zero-order valence-electron chi connectivity index (χ0n) is 14.1. The van der Waals surface area contributed by atoms with Gasteiger partial charge in [0.25, 0.3) is 5.91 Å². The van der Waals surface area contributed by atoms with Crippen molar-refractivity contribution in [1.29, 1.82) is 0 Å². The Kier molecular flexibility index (Phi) is 4.24. The van der Waals surface area contributed by atoms with E-state index in [0.29, 0.717) is 17.3 Å². The number of rotatable bonds is 2. The number of nitrogens with zero attached hydrogens (tertiary/aromatic N) is 2. The molecule has 0 bridgehead atoms. The van der Waals surface area contributed by atoms with Crippen molar-refractivity contribution < 1.29 is 4.79 Å². The highest BCUT2D eigenvalue weighted by Crippen LogP contribution is 2.28. The van der Waals surface area contributed by atoms with Crippen LogP contribution in [0.15, 0.2) is 54.6 Å². The maximum atomic E-state index is 13.2. The molecule has 0 saturated carbocycles. The number of benzene rings is 2. The Morgan fingerprint density at radius 2 is 1.92 bits per heavy atom. The fourth-order valence-electron chi connectivity index (χ4n) is 3.50. The molecule has 0 radical (unpaired) electrons. The fraction of sp³-hybridized carbons (Fsp3) is 0.250. The highest BCUT2D eigenvalue weighted by molar-refractivity contribution is 6.31. The van der Waals surface area contributed by atoms with E-state index in [0.717, 1.165) is 24.0 Å². The quantitative estimate of drug-likeness (QED) is 0.757. The number of aromatic amines is 1. The summed E-state index contributed by atoms with van der Waals surface area (Å²) in [5.74, 6) is 0.0364. The van der Waals surface area contributed by atoms with Gasteiger partial charge in [-0.05, 0) is 36.9 Å². The van der Waals surface area contributed by atoms with E-state index in [1.54, 1.807) is 0 Å². The number of carbonyl (C=O) groups excluding carboxylic acids is 1. The fourth-order valence-corrected chi connectivity index (χ4v) is 3.68. The molecule has 1 fully saturated rings. The van der Waals surface area contributed by atoms with E-state index >= 15 is 0 Å².